The van der Waals surface area contributed by atoms with E-state index in [1.54, 1.807) is 11.0 Å². The molecule has 0 N–H and O–H groups in total. The predicted octanol–water partition coefficient (Wildman–Crippen LogP) is 3.74. The fourth-order valence-electron chi connectivity index (χ4n) is 1.74. The van der Waals surface area contributed by atoms with Crippen LogP contribution in [0.4, 0.5) is 5.13 Å². The van der Waals surface area contributed by atoms with Crippen molar-refractivity contribution in [3.05, 3.63) is 48.4 Å². The van der Waals surface area contributed by atoms with E-state index in [0.29, 0.717) is 13.0 Å². The Morgan fingerprint density at radius 1 is 1.42 bits per heavy atom. The van der Waals surface area contributed by atoms with Crippen LogP contribution in [-0.2, 0) is 4.79 Å². The molecule has 0 atom stereocenters. The zero-order valence-corrected chi connectivity index (χ0v) is 11.7. The number of hydrogen-bond acceptors (Lipinski definition) is 3. The lowest BCUT2D eigenvalue weighted by Gasteiger charge is -2.16. The van der Waals surface area contributed by atoms with Gasteiger partial charge in [-0.1, -0.05) is 43.3 Å². The highest BCUT2D eigenvalue weighted by molar-refractivity contribution is 7.14. The number of hydrogen-bond donors (Lipinski definition) is 0. The molecule has 0 radical (unpaired) electrons. The minimum absolute atomic E-state index is 0.0638. The number of amides is 1. The number of benzene rings is 1. The summed E-state index contributed by atoms with van der Waals surface area (Å²) in [7, 11) is 0. The highest BCUT2D eigenvalue weighted by Crippen LogP contribution is 2.27. The SMILES string of the molecule is C=CCN(C(=O)CC)c1nc(-c2ccccc2)cs1. The molecular formula is C15H16N2OS. The molecule has 0 saturated heterocycles. The summed E-state index contributed by atoms with van der Waals surface area (Å²) in [5, 5.41) is 2.70. The summed E-state index contributed by atoms with van der Waals surface area (Å²) in [6.07, 6.45) is 2.19. The van der Waals surface area contributed by atoms with Gasteiger partial charge >= 0.3 is 0 Å². The second-order valence-electron chi connectivity index (χ2n) is 4.03. The molecule has 98 valence electrons. The topological polar surface area (TPSA) is 33.2 Å². The molecule has 1 aromatic carbocycles. The van der Waals surface area contributed by atoms with Gasteiger partial charge in [0.25, 0.3) is 0 Å². The van der Waals surface area contributed by atoms with Gasteiger partial charge < -0.3 is 0 Å². The molecule has 0 saturated carbocycles. The summed E-state index contributed by atoms with van der Waals surface area (Å²) in [5.74, 6) is 0.0638. The van der Waals surface area contributed by atoms with Crippen LogP contribution in [0.15, 0.2) is 48.4 Å². The van der Waals surface area contributed by atoms with Crippen molar-refractivity contribution in [3.63, 3.8) is 0 Å². The zero-order valence-electron chi connectivity index (χ0n) is 10.9. The van der Waals surface area contributed by atoms with Gasteiger partial charge in [-0.25, -0.2) is 4.98 Å². The number of thiazole rings is 1. The molecule has 3 nitrogen and oxygen atoms in total. The van der Waals surface area contributed by atoms with Crippen molar-refractivity contribution in [1.82, 2.24) is 4.98 Å². The predicted molar refractivity (Wildman–Crippen MR) is 80.4 cm³/mol. The molecule has 0 aliphatic heterocycles. The fraction of sp³-hybridized carbons (Fsp3) is 0.200. The molecule has 0 aliphatic carbocycles. The van der Waals surface area contributed by atoms with Crippen molar-refractivity contribution in [3.8, 4) is 11.3 Å². The van der Waals surface area contributed by atoms with Crippen molar-refractivity contribution in [2.24, 2.45) is 0 Å². The Morgan fingerprint density at radius 3 is 2.79 bits per heavy atom. The minimum atomic E-state index is 0.0638. The molecule has 0 fully saturated rings. The maximum atomic E-state index is 11.9. The first kappa shape index (κ1) is 13.5. The first-order valence-electron chi connectivity index (χ1n) is 6.18. The van der Waals surface area contributed by atoms with E-state index >= 15 is 0 Å². The molecule has 2 aromatic rings. The maximum Gasteiger partial charge on any atom is 0.228 e. The van der Waals surface area contributed by atoms with Crippen LogP contribution < -0.4 is 4.90 Å². The number of anilines is 1. The summed E-state index contributed by atoms with van der Waals surface area (Å²) in [6.45, 7) is 6.04. The first-order valence-corrected chi connectivity index (χ1v) is 7.06. The summed E-state index contributed by atoms with van der Waals surface area (Å²) < 4.78 is 0. The standard InChI is InChI=1S/C15H16N2OS/c1-3-10-17(14(18)4-2)15-16-13(11-19-15)12-8-6-5-7-9-12/h3,5-9,11H,1,4,10H2,2H3. The van der Waals surface area contributed by atoms with Gasteiger partial charge in [-0.05, 0) is 0 Å². The number of carbonyl (C=O) groups excluding carboxylic acids is 1. The number of aromatic nitrogens is 1. The van der Waals surface area contributed by atoms with E-state index in [9.17, 15) is 4.79 Å². The molecule has 19 heavy (non-hydrogen) atoms. The Balaban J connectivity index is 2.28. The second kappa shape index (κ2) is 6.29. The summed E-state index contributed by atoms with van der Waals surface area (Å²) >= 11 is 1.48. The normalized spacial score (nSPS) is 10.2. The molecule has 4 heteroatoms. The van der Waals surface area contributed by atoms with Gasteiger partial charge in [0.15, 0.2) is 5.13 Å². The fourth-order valence-corrected chi connectivity index (χ4v) is 2.60. The number of nitrogens with zero attached hydrogens (tertiary/aromatic N) is 2. The average Bonchev–Trinajstić information content (AvgIpc) is 2.94. The van der Waals surface area contributed by atoms with Gasteiger partial charge in [-0.3, -0.25) is 9.69 Å². The lowest BCUT2D eigenvalue weighted by molar-refractivity contribution is -0.118. The highest BCUT2D eigenvalue weighted by atomic mass is 32.1. The van der Waals surface area contributed by atoms with Gasteiger partial charge in [-0.2, -0.15) is 0 Å². The van der Waals surface area contributed by atoms with Crippen LogP contribution >= 0.6 is 11.3 Å². The number of rotatable bonds is 5. The quantitative estimate of drug-likeness (QED) is 0.777. The van der Waals surface area contributed by atoms with E-state index in [1.165, 1.54) is 11.3 Å². The zero-order chi connectivity index (χ0) is 13.7. The average molecular weight is 272 g/mol. The molecule has 1 heterocycles. The minimum Gasteiger partial charge on any atom is -0.284 e. The van der Waals surface area contributed by atoms with Crippen molar-refractivity contribution in [2.45, 2.75) is 13.3 Å². The van der Waals surface area contributed by atoms with Crippen LogP contribution in [0.1, 0.15) is 13.3 Å². The van der Waals surface area contributed by atoms with E-state index < -0.39 is 0 Å². The van der Waals surface area contributed by atoms with E-state index in [4.69, 9.17) is 0 Å². The van der Waals surface area contributed by atoms with Crippen molar-refractivity contribution in [1.29, 1.82) is 0 Å². The van der Waals surface area contributed by atoms with E-state index in [0.717, 1.165) is 16.4 Å². The van der Waals surface area contributed by atoms with Crippen LogP contribution in [0.25, 0.3) is 11.3 Å². The Kier molecular flexibility index (Phi) is 4.47. The van der Waals surface area contributed by atoms with E-state index in [2.05, 4.69) is 11.6 Å². The van der Waals surface area contributed by atoms with Crippen LogP contribution in [0, 0.1) is 0 Å². The van der Waals surface area contributed by atoms with Gasteiger partial charge in [0.1, 0.15) is 0 Å². The van der Waals surface area contributed by atoms with E-state index in [1.807, 2.05) is 42.6 Å². The molecular weight excluding hydrogens is 256 g/mol. The van der Waals surface area contributed by atoms with Gasteiger partial charge in [0.2, 0.25) is 5.91 Å². The Bertz CT molecular complexity index is 563. The Labute approximate surface area is 117 Å². The van der Waals surface area contributed by atoms with Crippen molar-refractivity contribution in [2.75, 3.05) is 11.4 Å². The van der Waals surface area contributed by atoms with Crippen LogP contribution in [-0.4, -0.2) is 17.4 Å². The molecule has 0 bridgehead atoms. The summed E-state index contributed by atoms with van der Waals surface area (Å²) in [6, 6.07) is 9.96. The third kappa shape index (κ3) is 3.09. The monoisotopic (exact) mass is 272 g/mol. The third-order valence-electron chi connectivity index (χ3n) is 2.71. The van der Waals surface area contributed by atoms with Crippen LogP contribution in [0.3, 0.4) is 0 Å². The van der Waals surface area contributed by atoms with Gasteiger partial charge in [0.05, 0.1) is 5.69 Å². The van der Waals surface area contributed by atoms with Crippen LogP contribution in [0.2, 0.25) is 0 Å². The van der Waals surface area contributed by atoms with Crippen molar-refractivity contribution < 1.29 is 4.79 Å². The van der Waals surface area contributed by atoms with E-state index in [-0.39, 0.29) is 5.91 Å². The molecule has 1 amide bonds. The lowest BCUT2D eigenvalue weighted by atomic mass is 10.2. The van der Waals surface area contributed by atoms with Gasteiger partial charge in [0, 0.05) is 23.9 Å². The smallest absolute Gasteiger partial charge is 0.228 e. The largest absolute Gasteiger partial charge is 0.284 e. The van der Waals surface area contributed by atoms with Crippen LogP contribution in [0.5, 0.6) is 0 Å². The maximum absolute atomic E-state index is 11.9. The summed E-state index contributed by atoms with van der Waals surface area (Å²) in [4.78, 5) is 18.1. The molecule has 0 unspecified atom stereocenters. The number of carbonyl (C=O) groups is 1. The third-order valence-corrected chi connectivity index (χ3v) is 3.57. The Hall–Kier alpha value is -1.94. The van der Waals surface area contributed by atoms with Crippen molar-refractivity contribution >= 4 is 22.4 Å². The molecule has 0 aliphatic rings. The molecule has 0 spiro atoms. The molecule has 2 rings (SSSR count). The summed E-state index contributed by atoms with van der Waals surface area (Å²) in [5.41, 5.74) is 1.96. The second-order valence-corrected chi connectivity index (χ2v) is 4.86. The highest BCUT2D eigenvalue weighted by Gasteiger charge is 2.16. The molecule has 1 aromatic heterocycles. The first-order chi connectivity index (χ1) is 9.26. The van der Waals surface area contributed by atoms with Gasteiger partial charge in [-0.15, -0.1) is 17.9 Å². The lowest BCUT2D eigenvalue weighted by Crippen LogP contribution is -2.30. The Morgan fingerprint density at radius 2 is 2.16 bits per heavy atom.